The molecule has 3 heterocycles. The minimum Gasteiger partial charge on any atom is -0.343 e. The van der Waals surface area contributed by atoms with Gasteiger partial charge in [-0.3, -0.25) is 9.69 Å². The molecule has 182 valence electrons. The number of carbonyl (C=O) groups excluding carboxylic acids is 1. The fraction of sp³-hybridized carbons (Fsp3) is 0.667. The fourth-order valence-electron chi connectivity index (χ4n) is 4.41. The Labute approximate surface area is 207 Å². The average Bonchev–Trinajstić information content (AvgIpc) is 3.47. The van der Waals surface area contributed by atoms with Crippen LogP contribution >= 0.6 is 27.3 Å². The fourth-order valence-corrected chi connectivity index (χ4v) is 8.00. The maximum atomic E-state index is 12.8. The minimum absolute atomic E-state index is 0.122. The second-order valence-corrected chi connectivity index (χ2v) is 13.3. The standard InChI is InChI=1S/C21H30BrN5O4S2/c1-25(16-5-3-2-4-6-16)20(28)9-8-19-23-18(24-31-19)15-26-11-13-27(14-12-26)33(29,30)21-10-7-17(22)32-21/h7,10,16H,2-6,8-9,11-15H2,1H3. The van der Waals surface area contributed by atoms with Crippen molar-refractivity contribution in [3.8, 4) is 0 Å². The zero-order valence-corrected chi connectivity index (χ0v) is 22.0. The van der Waals surface area contributed by atoms with Gasteiger partial charge in [-0.1, -0.05) is 24.4 Å². The Balaban J connectivity index is 1.23. The van der Waals surface area contributed by atoms with E-state index in [1.54, 1.807) is 12.1 Å². The van der Waals surface area contributed by atoms with Crippen LogP contribution < -0.4 is 0 Å². The highest BCUT2D eigenvalue weighted by molar-refractivity contribution is 9.11. The number of carbonyl (C=O) groups is 1. The van der Waals surface area contributed by atoms with E-state index in [1.807, 2.05) is 11.9 Å². The molecule has 1 amide bonds. The van der Waals surface area contributed by atoms with Gasteiger partial charge in [0.2, 0.25) is 11.8 Å². The van der Waals surface area contributed by atoms with E-state index in [9.17, 15) is 13.2 Å². The van der Waals surface area contributed by atoms with Crippen LogP contribution in [0.25, 0.3) is 0 Å². The molecule has 0 radical (unpaired) electrons. The molecule has 33 heavy (non-hydrogen) atoms. The van der Waals surface area contributed by atoms with Gasteiger partial charge >= 0.3 is 0 Å². The van der Waals surface area contributed by atoms with Crippen molar-refractivity contribution in [3.05, 3.63) is 27.6 Å². The molecule has 2 fully saturated rings. The van der Waals surface area contributed by atoms with Crippen LogP contribution in [0.4, 0.5) is 0 Å². The van der Waals surface area contributed by atoms with E-state index in [2.05, 4.69) is 31.0 Å². The van der Waals surface area contributed by atoms with Gasteiger partial charge < -0.3 is 9.42 Å². The molecule has 0 atom stereocenters. The second kappa shape index (κ2) is 10.9. The largest absolute Gasteiger partial charge is 0.343 e. The summed E-state index contributed by atoms with van der Waals surface area (Å²) < 4.78 is 33.6. The average molecular weight is 561 g/mol. The van der Waals surface area contributed by atoms with E-state index >= 15 is 0 Å². The third-order valence-corrected chi connectivity index (χ3v) is 10.4. The van der Waals surface area contributed by atoms with Gasteiger partial charge in [-0.15, -0.1) is 11.3 Å². The normalized spacial score (nSPS) is 19.1. The number of hydrogen-bond donors (Lipinski definition) is 0. The summed E-state index contributed by atoms with van der Waals surface area (Å²) in [5.41, 5.74) is 0. The molecular formula is C21H30BrN5O4S2. The SMILES string of the molecule is CN(C(=O)CCc1nc(CN2CCN(S(=O)(=O)c3ccc(Br)s3)CC2)no1)C1CCCCC1. The molecule has 1 aliphatic carbocycles. The molecule has 12 heteroatoms. The van der Waals surface area contributed by atoms with Crippen molar-refractivity contribution in [3.63, 3.8) is 0 Å². The minimum atomic E-state index is -3.45. The lowest BCUT2D eigenvalue weighted by Crippen LogP contribution is -2.48. The summed E-state index contributed by atoms with van der Waals surface area (Å²) in [5, 5.41) is 4.05. The monoisotopic (exact) mass is 559 g/mol. The van der Waals surface area contributed by atoms with Crippen LogP contribution in [0.15, 0.2) is 24.7 Å². The van der Waals surface area contributed by atoms with Crippen molar-refractivity contribution < 1.29 is 17.7 Å². The number of halogens is 1. The molecule has 0 unspecified atom stereocenters. The Kier molecular flexibility index (Phi) is 8.21. The first-order valence-electron chi connectivity index (χ1n) is 11.4. The Morgan fingerprint density at radius 1 is 1.21 bits per heavy atom. The number of aromatic nitrogens is 2. The first-order valence-corrected chi connectivity index (χ1v) is 14.4. The third-order valence-electron chi connectivity index (χ3n) is 6.42. The zero-order chi connectivity index (χ0) is 23.4. The Morgan fingerprint density at radius 3 is 2.61 bits per heavy atom. The van der Waals surface area contributed by atoms with Gasteiger partial charge in [0, 0.05) is 52.1 Å². The van der Waals surface area contributed by atoms with E-state index in [0.29, 0.717) is 67.5 Å². The number of hydrogen-bond acceptors (Lipinski definition) is 8. The van der Waals surface area contributed by atoms with Gasteiger partial charge in [0.1, 0.15) is 4.21 Å². The van der Waals surface area contributed by atoms with Gasteiger partial charge in [-0.2, -0.15) is 9.29 Å². The Hall–Kier alpha value is -1.34. The van der Waals surface area contributed by atoms with Crippen LogP contribution in [-0.2, 0) is 27.8 Å². The highest BCUT2D eigenvalue weighted by Gasteiger charge is 2.30. The van der Waals surface area contributed by atoms with Crippen molar-refractivity contribution in [1.82, 2.24) is 24.2 Å². The summed E-state index contributed by atoms with van der Waals surface area (Å²) in [4.78, 5) is 21.0. The molecular weight excluding hydrogens is 530 g/mol. The molecule has 0 aromatic carbocycles. The predicted octanol–water partition coefficient (Wildman–Crippen LogP) is 3.12. The summed E-state index contributed by atoms with van der Waals surface area (Å²) in [6.07, 6.45) is 6.64. The van der Waals surface area contributed by atoms with Crippen LogP contribution in [-0.4, -0.2) is 77.8 Å². The topological polar surface area (TPSA) is 99.9 Å². The number of aryl methyl sites for hydroxylation is 1. The maximum absolute atomic E-state index is 12.8. The number of sulfonamides is 1. The maximum Gasteiger partial charge on any atom is 0.252 e. The smallest absolute Gasteiger partial charge is 0.252 e. The lowest BCUT2D eigenvalue weighted by Gasteiger charge is -2.32. The quantitative estimate of drug-likeness (QED) is 0.489. The summed E-state index contributed by atoms with van der Waals surface area (Å²) in [5.74, 6) is 1.16. The number of amides is 1. The second-order valence-electron chi connectivity index (χ2n) is 8.64. The third kappa shape index (κ3) is 6.21. The summed E-state index contributed by atoms with van der Waals surface area (Å²) in [6, 6.07) is 3.74. The molecule has 1 saturated carbocycles. The van der Waals surface area contributed by atoms with Crippen molar-refractivity contribution >= 4 is 43.2 Å². The molecule has 1 aliphatic heterocycles. The first-order chi connectivity index (χ1) is 15.8. The van der Waals surface area contributed by atoms with Crippen molar-refractivity contribution in [1.29, 1.82) is 0 Å². The van der Waals surface area contributed by atoms with Crippen LogP contribution in [0.2, 0.25) is 0 Å². The van der Waals surface area contributed by atoms with E-state index in [0.717, 1.165) is 16.6 Å². The molecule has 2 aromatic rings. The number of rotatable bonds is 8. The molecule has 2 aliphatic rings. The van der Waals surface area contributed by atoms with Gasteiger partial charge in [0.15, 0.2) is 5.82 Å². The van der Waals surface area contributed by atoms with Crippen LogP contribution in [0.5, 0.6) is 0 Å². The van der Waals surface area contributed by atoms with Crippen molar-refractivity contribution in [2.24, 2.45) is 0 Å². The summed E-state index contributed by atoms with van der Waals surface area (Å²) >= 11 is 4.55. The first kappa shape index (κ1) is 24.8. The molecule has 1 saturated heterocycles. The van der Waals surface area contributed by atoms with E-state index in [4.69, 9.17) is 4.52 Å². The summed E-state index contributed by atoms with van der Waals surface area (Å²) in [7, 11) is -1.56. The lowest BCUT2D eigenvalue weighted by atomic mass is 9.94. The van der Waals surface area contributed by atoms with Gasteiger partial charge in [0.05, 0.1) is 10.3 Å². The van der Waals surface area contributed by atoms with Crippen LogP contribution in [0.3, 0.4) is 0 Å². The van der Waals surface area contributed by atoms with Gasteiger partial charge in [-0.25, -0.2) is 8.42 Å². The van der Waals surface area contributed by atoms with E-state index in [1.165, 1.54) is 34.9 Å². The molecule has 9 nitrogen and oxygen atoms in total. The lowest BCUT2D eigenvalue weighted by molar-refractivity contribution is -0.132. The van der Waals surface area contributed by atoms with Gasteiger partial charge in [-0.05, 0) is 40.9 Å². The highest BCUT2D eigenvalue weighted by atomic mass is 79.9. The molecule has 0 spiro atoms. The molecule has 4 rings (SSSR count). The van der Waals surface area contributed by atoms with Crippen molar-refractivity contribution in [2.45, 2.75) is 61.7 Å². The molecule has 2 aromatic heterocycles. The number of nitrogens with zero attached hydrogens (tertiary/aromatic N) is 5. The molecule has 0 N–H and O–H groups in total. The number of thiophene rings is 1. The van der Waals surface area contributed by atoms with Crippen LogP contribution in [0.1, 0.15) is 50.2 Å². The van der Waals surface area contributed by atoms with Crippen LogP contribution in [0, 0.1) is 0 Å². The summed E-state index contributed by atoms with van der Waals surface area (Å²) in [6.45, 7) is 2.54. The highest BCUT2D eigenvalue weighted by Crippen LogP contribution is 2.29. The van der Waals surface area contributed by atoms with Crippen molar-refractivity contribution in [2.75, 3.05) is 33.2 Å². The number of piperazine rings is 1. The van der Waals surface area contributed by atoms with E-state index < -0.39 is 10.0 Å². The van der Waals surface area contributed by atoms with Gasteiger partial charge in [0.25, 0.3) is 10.0 Å². The Morgan fingerprint density at radius 2 is 1.94 bits per heavy atom. The zero-order valence-electron chi connectivity index (χ0n) is 18.8. The Bertz CT molecular complexity index is 1040. The van der Waals surface area contributed by atoms with E-state index in [-0.39, 0.29) is 5.91 Å². The predicted molar refractivity (Wildman–Crippen MR) is 128 cm³/mol. The molecule has 0 bridgehead atoms.